The largest absolute Gasteiger partial charge is 0.478 e. The van der Waals surface area contributed by atoms with E-state index in [2.05, 4.69) is 32.6 Å². The van der Waals surface area contributed by atoms with Gasteiger partial charge in [-0.25, -0.2) is 9.98 Å². The molecule has 7 nitrogen and oxygen atoms in total. The monoisotopic (exact) mass is 472 g/mol. The van der Waals surface area contributed by atoms with Crippen molar-refractivity contribution >= 4 is 29.9 Å². The first-order valence-corrected chi connectivity index (χ1v) is 8.64. The van der Waals surface area contributed by atoms with Gasteiger partial charge in [0.15, 0.2) is 5.96 Å². The maximum Gasteiger partial charge on any atom is 0.218 e. The number of aryl methyl sites for hydroxylation is 2. The van der Waals surface area contributed by atoms with Crippen LogP contribution >= 0.6 is 24.0 Å². The van der Waals surface area contributed by atoms with Gasteiger partial charge in [-0.05, 0) is 33.8 Å². The summed E-state index contributed by atoms with van der Waals surface area (Å²) in [7, 11) is 1.96. The van der Waals surface area contributed by atoms with Gasteiger partial charge in [-0.15, -0.1) is 24.0 Å². The molecule has 0 aliphatic heterocycles. The number of aliphatic imine (C=N–C) groups is 1. The molecule has 2 N–H and O–H groups in total. The van der Waals surface area contributed by atoms with E-state index in [-0.39, 0.29) is 24.0 Å². The second-order valence-corrected chi connectivity index (χ2v) is 5.72. The van der Waals surface area contributed by atoms with Crippen molar-refractivity contribution in [1.29, 1.82) is 0 Å². The number of nitrogens with zero attached hydrogens (tertiary/aromatic N) is 4. The first-order chi connectivity index (χ1) is 12.1. The summed E-state index contributed by atoms with van der Waals surface area (Å²) in [6, 6.07) is 3.89. The number of hydrogen-bond donors (Lipinski definition) is 2. The van der Waals surface area contributed by atoms with Crippen molar-refractivity contribution in [2.45, 2.75) is 40.8 Å². The Balaban J connectivity index is 0.00000338. The van der Waals surface area contributed by atoms with Gasteiger partial charge < -0.3 is 15.4 Å². The molecule has 0 radical (unpaired) electrons. The molecule has 0 bridgehead atoms. The molecule has 8 heteroatoms. The minimum absolute atomic E-state index is 0. The minimum Gasteiger partial charge on any atom is -0.478 e. The van der Waals surface area contributed by atoms with Crippen LogP contribution in [0.3, 0.4) is 0 Å². The quantitative estimate of drug-likeness (QED) is 0.368. The molecule has 0 saturated heterocycles. The van der Waals surface area contributed by atoms with Gasteiger partial charge in [0.1, 0.15) is 0 Å². The van der Waals surface area contributed by atoms with Crippen molar-refractivity contribution in [1.82, 2.24) is 25.4 Å². The molecule has 0 aliphatic carbocycles. The zero-order chi connectivity index (χ0) is 18.2. The number of ether oxygens (including phenoxy) is 1. The molecule has 2 aromatic heterocycles. The van der Waals surface area contributed by atoms with Crippen LogP contribution in [0.1, 0.15) is 36.4 Å². The van der Waals surface area contributed by atoms with Crippen LogP contribution in [0.5, 0.6) is 5.88 Å². The number of guanidine groups is 1. The molecular formula is C18H29IN6O. The van der Waals surface area contributed by atoms with E-state index < -0.39 is 0 Å². The van der Waals surface area contributed by atoms with Gasteiger partial charge in [-0.2, -0.15) is 5.10 Å². The van der Waals surface area contributed by atoms with Gasteiger partial charge in [0.25, 0.3) is 0 Å². The smallest absolute Gasteiger partial charge is 0.218 e. The summed E-state index contributed by atoms with van der Waals surface area (Å²) >= 11 is 0. The summed E-state index contributed by atoms with van der Waals surface area (Å²) < 4.78 is 7.46. The molecule has 144 valence electrons. The van der Waals surface area contributed by atoms with E-state index in [4.69, 9.17) is 4.74 Å². The lowest BCUT2D eigenvalue weighted by atomic mass is 10.2. The topological polar surface area (TPSA) is 76.4 Å². The minimum atomic E-state index is 0. The number of aromatic nitrogens is 3. The Morgan fingerprint density at radius 3 is 2.65 bits per heavy atom. The van der Waals surface area contributed by atoms with Crippen molar-refractivity contribution in [3.05, 3.63) is 40.8 Å². The van der Waals surface area contributed by atoms with Crippen molar-refractivity contribution in [3.8, 4) is 5.88 Å². The summed E-state index contributed by atoms with van der Waals surface area (Å²) in [5.41, 5.74) is 4.36. The van der Waals surface area contributed by atoms with E-state index >= 15 is 0 Å². The Kier molecular flexibility index (Phi) is 9.39. The fourth-order valence-electron chi connectivity index (χ4n) is 2.56. The van der Waals surface area contributed by atoms with E-state index in [1.54, 1.807) is 6.20 Å². The predicted molar refractivity (Wildman–Crippen MR) is 115 cm³/mol. The molecule has 0 unspecified atom stereocenters. The Bertz CT molecular complexity index is 728. The second kappa shape index (κ2) is 11.0. The maximum atomic E-state index is 5.56. The summed E-state index contributed by atoms with van der Waals surface area (Å²) in [6.45, 7) is 10.7. The van der Waals surface area contributed by atoms with Gasteiger partial charge in [0.05, 0.1) is 18.8 Å². The van der Waals surface area contributed by atoms with Crippen molar-refractivity contribution in [3.63, 3.8) is 0 Å². The molecule has 2 heterocycles. The van der Waals surface area contributed by atoms with Crippen LogP contribution in [0.2, 0.25) is 0 Å². The fraction of sp³-hybridized carbons (Fsp3) is 0.500. The standard InChI is InChI=1S/C18H28N6O.HI/c1-6-19-18(22-12-16-13(3)23-24(5)14(16)4)21-11-15-9-8-10-20-17(15)25-7-2;/h8-10H,6-7,11-12H2,1-5H3,(H2,19,21,22);1H. The molecule has 0 aromatic carbocycles. The molecule has 2 aromatic rings. The predicted octanol–water partition coefficient (Wildman–Crippen LogP) is 2.70. The van der Waals surface area contributed by atoms with E-state index in [0.717, 1.165) is 29.5 Å². The molecule has 0 fully saturated rings. The number of nitrogens with one attached hydrogen (secondary N) is 2. The zero-order valence-corrected chi connectivity index (χ0v) is 18.5. The van der Waals surface area contributed by atoms with Gasteiger partial charge in [0.2, 0.25) is 5.88 Å². The maximum absolute atomic E-state index is 5.56. The number of pyridine rings is 1. The molecule has 2 rings (SSSR count). The summed E-state index contributed by atoms with van der Waals surface area (Å²) in [5, 5.41) is 11.1. The number of rotatable bonds is 7. The molecular weight excluding hydrogens is 443 g/mol. The zero-order valence-electron chi connectivity index (χ0n) is 16.2. The molecule has 0 atom stereocenters. The Morgan fingerprint density at radius 1 is 1.27 bits per heavy atom. The van der Waals surface area contributed by atoms with Crippen LogP contribution in [0.4, 0.5) is 0 Å². The number of halogens is 1. The van der Waals surface area contributed by atoms with Gasteiger partial charge in [-0.1, -0.05) is 6.07 Å². The van der Waals surface area contributed by atoms with Crippen LogP contribution in [-0.2, 0) is 20.1 Å². The van der Waals surface area contributed by atoms with E-state index in [1.165, 1.54) is 5.56 Å². The van der Waals surface area contributed by atoms with Crippen LogP contribution < -0.4 is 15.4 Å². The van der Waals surface area contributed by atoms with Crippen molar-refractivity contribution in [2.24, 2.45) is 12.0 Å². The van der Waals surface area contributed by atoms with Crippen LogP contribution in [0.15, 0.2) is 23.3 Å². The average Bonchev–Trinajstić information content (AvgIpc) is 2.84. The average molecular weight is 472 g/mol. The normalized spacial score (nSPS) is 11.0. The summed E-state index contributed by atoms with van der Waals surface area (Å²) in [4.78, 5) is 8.92. The third kappa shape index (κ3) is 5.86. The highest BCUT2D eigenvalue weighted by atomic mass is 127. The lowest BCUT2D eigenvalue weighted by Crippen LogP contribution is -2.37. The third-order valence-corrected chi connectivity index (χ3v) is 3.97. The van der Waals surface area contributed by atoms with E-state index in [1.807, 2.05) is 44.6 Å². The summed E-state index contributed by atoms with van der Waals surface area (Å²) in [6.07, 6.45) is 1.73. The molecule has 0 spiro atoms. The molecule has 26 heavy (non-hydrogen) atoms. The van der Waals surface area contributed by atoms with E-state index in [9.17, 15) is 0 Å². The highest BCUT2D eigenvalue weighted by molar-refractivity contribution is 14.0. The van der Waals surface area contributed by atoms with Crippen LogP contribution in [0, 0.1) is 13.8 Å². The first kappa shape index (κ1) is 22.2. The van der Waals surface area contributed by atoms with Gasteiger partial charge >= 0.3 is 0 Å². The number of hydrogen-bond acceptors (Lipinski definition) is 4. The Morgan fingerprint density at radius 2 is 2.04 bits per heavy atom. The lowest BCUT2D eigenvalue weighted by molar-refractivity contribution is 0.323. The first-order valence-electron chi connectivity index (χ1n) is 8.64. The third-order valence-electron chi connectivity index (χ3n) is 3.97. The van der Waals surface area contributed by atoms with Gasteiger partial charge in [-0.3, -0.25) is 4.68 Å². The molecule has 0 amide bonds. The lowest BCUT2D eigenvalue weighted by Gasteiger charge is -2.12. The second-order valence-electron chi connectivity index (χ2n) is 5.72. The van der Waals surface area contributed by atoms with Crippen LogP contribution in [0.25, 0.3) is 0 Å². The van der Waals surface area contributed by atoms with Crippen molar-refractivity contribution < 1.29 is 4.74 Å². The van der Waals surface area contributed by atoms with Crippen LogP contribution in [-0.4, -0.2) is 33.9 Å². The molecule has 0 saturated carbocycles. The van der Waals surface area contributed by atoms with E-state index in [0.29, 0.717) is 25.6 Å². The Labute approximate surface area is 172 Å². The fourth-order valence-corrected chi connectivity index (χ4v) is 2.56. The Hall–Kier alpha value is -1.84. The summed E-state index contributed by atoms with van der Waals surface area (Å²) in [5.74, 6) is 1.40. The van der Waals surface area contributed by atoms with Crippen molar-refractivity contribution in [2.75, 3.05) is 13.2 Å². The highest BCUT2D eigenvalue weighted by Gasteiger charge is 2.10. The SMILES string of the molecule is CCNC(=NCc1cccnc1OCC)NCc1c(C)nn(C)c1C.I. The highest BCUT2D eigenvalue weighted by Crippen LogP contribution is 2.15. The van der Waals surface area contributed by atoms with Gasteiger partial charge in [0, 0.05) is 43.2 Å². The molecule has 0 aliphatic rings.